The predicted molar refractivity (Wildman–Crippen MR) is 38.3 cm³/mol. The Morgan fingerprint density at radius 3 is 1.82 bits per heavy atom. The summed E-state index contributed by atoms with van der Waals surface area (Å²) in [6.45, 7) is 2.49. The molecule has 0 saturated heterocycles. The van der Waals surface area contributed by atoms with Gasteiger partial charge in [0.05, 0.1) is 11.6 Å². The lowest BCUT2D eigenvalue weighted by molar-refractivity contribution is -0.141. The molecule has 0 aliphatic carbocycles. The molecule has 11 heavy (non-hydrogen) atoms. The first-order chi connectivity index (χ1) is 4.76. The summed E-state index contributed by atoms with van der Waals surface area (Å²) in [4.78, 5) is 27.4. The van der Waals surface area contributed by atoms with Crippen LogP contribution in [0.3, 0.4) is 0 Å². The number of hydrogen-bond donors (Lipinski definition) is 3. The van der Waals surface area contributed by atoms with E-state index in [0.717, 1.165) is 0 Å². The summed E-state index contributed by atoms with van der Waals surface area (Å²) in [5.74, 6) is -2.21. The molecular formula is C5H11O5P. The van der Waals surface area contributed by atoms with Crippen molar-refractivity contribution in [1.29, 1.82) is 0 Å². The van der Waals surface area contributed by atoms with Crippen LogP contribution >= 0.6 is 7.60 Å². The molecule has 3 N–H and O–H groups in total. The highest BCUT2D eigenvalue weighted by atomic mass is 31.2. The van der Waals surface area contributed by atoms with E-state index in [-0.39, 0.29) is 0 Å². The molecule has 66 valence electrons. The van der Waals surface area contributed by atoms with Crippen molar-refractivity contribution >= 4 is 13.6 Å². The molecule has 2 unspecified atom stereocenters. The normalized spacial score (nSPS) is 17.5. The van der Waals surface area contributed by atoms with E-state index in [1.54, 1.807) is 0 Å². The summed E-state index contributed by atoms with van der Waals surface area (Å²) in [5, 5.41) is 8.37. The number of carboxylic acids is 1. The monoisotopic (exact) mass is 182 g/mol. The van der Waals surface area contributed by atoms with Gasteiger partial charge in [0.1, 0.15) is 0 Å². The van der Waals surface area contributed by atoms with Crippen molar-refractivity contribution < 1.29 is 24.3 Å². The number of hydrogen-bond acceptors (Lipinski definition) is 2. The maximum Gasteiger partial charge on any atom is 0.329 e. The minimum absolute atomic E-state index is 1.02. The quantitative estimate of drug-likeness (QED) is 0.544. The van der Waals surface area contributed by atoms with Gasteiger partial charge >= 0.3 is 13.6 Å². The Morgan fingerprint density at radius 2 is 1.73 bits per heavy atom. The topological polar surface area (TPSA) is 94.8 Å². The Bertz CT molecular complexity index is 195. The zero-order valence-electron chi connectivity index (χ0n) is 6.26. The molecule has 0 fully saturated rings. The third kappa shape index (κ3) is 3.01. The van der Waals surface area contributed by atoms with Crippen molar-refractivity contribution in [3.63, 3.8) is 0 Å². The van der Waals surface area contributed by atoms with Crippen molar-refractivity contribution in [3.8, 4) is 0 Å². The molecule has 0 aromatic rings. The van der Waals surface area contributed by atoms with Gasteiger partial charge in [-0.2, -0.15) is 0 Å². The molecule has 0 rings (SSSR count). The van der Waals surface area contributed by atoms with Crippen molar-refractivity contribution in [2.24, 2.45) is 5.92 Å². The average Bonchev–Trinajstić information content (AvgIpc) is 1.82. The van der Waals surface area contributed by atoms with Crippen LogP contribution in [0.4, 0.5) is 0 Å². The number of carbonyl (C=O) groups is 1. The highest BCUT2D eigenvalue weighted by molar-refractivity contribution is 7.52. The van der Waals surface area contributed by atoms with Crippen molar-refractivity contribution in [3.05, 3.63) is 0 Å². The van der Waals surface area contributed by atoms with Crippen LogP contribution in [0, 0.1) is 5.92 Å². The smallest absolute Gasteiger partial charge is 0.329 e. The standard InChI is InChI=1S/C5H11O5P/c1-3(5(6)7)4(2)11(8,9)10/h3-4H,1-2H3,(H,6,7)(H2,8,9,10). The van der Waals surface area contributed by atoms with E-state index in [9.17, 15) is 9.36 Å². The first-order valence-electron chi connectivity index (χ1n) is 3.05. The lowest BCUT2D eigenvalue weighted by atomic mass is 10.1. The second-order valence-electron chi connectivity index (χ2n) is 2.46. The molecule has 5 nitrogen and oxygen atoms in total. The molecule has 0 aromatic heterocycles. The molecule has 0 aromatic carbocycles. The van der Waals surface area contributed by atoms with E-state index >= 15 is 0 Å². The van der Waals surface area contributed by atoms with Gasteiger partial charge in [-0.3, -0.25) is 9.36 Å². The van der Waals surface area contributed by atoms with Crippen LogP contribution in [0.15, 0.2) is 0 Å². The van der Waals surface area contributed by atoms with E-state index in [4.69, 9.17) is 14.9 Å². The minimum atomic E-state index is -4.25. The van der Waals surface area contributed by atoms with E-state index in [2.05, 4.69) is 0 Å². The van der Waals surface area contributed by atoms with Crippen LogP contribution in [0.2, 0.25) is 0 Å². The van der Waals surface area contributed by atoms with Crippen LogP contribution in [-0.4, -0.2) is 26.5 Å². The van der Waals surface area contributed by atoms with E-state index in [0.29, 0.717) is 0 Å². The Kier molecular flexibility index (Phi) is 3.23. The lowest BCUT2D eigenvalue weighted by Crippen LogP contribution is -2.22. The van der Waals surface area contributed by atoms with Crippen LogP contribution in [-0.2, 0) is 9.36 Å². The van der Waals surface area contributed by atoms with Crippen LogP contribution < -0.4 is 0 Å². The van der Waals surface area contributed by atoms with Gasteiger partial charge in [0.25, 0.3) is 0 Å². The van der Waals surface area contributed by atoms with Gasteiger partial charge in [-0.25, -0.2) is 0 Å². The molecule has 0 radical (unpaired) electrons. The fourth-order valence-corrected chi connectivity index (χ4v) is 1.21. The Morgan fingerprint density at radius 1 is 1.36 bits per heavy atom. The number of rotatable bonds is 3. The van der Waals surface area contributed by atoms with E-state index in [1.165, 1.54) is 13.8 Å². The molecular weight excluding hydrogens is 171 g/mol. The molecule has 0 aliphatic heterocycles. The SMILES string of the molecule is CC(C(=O)O)C(C)P(=O)(O)O. The predicted octanol–water partition coefficient (Wildman–Crippen LogP) is 0.273. The molecule has 0 bridgehead atoms. The van der Waals surface area contributed by atoms with Crippen LogP contribution in [0.5, 0.6) is 0 Å². The summed E-state index contributed by atoms with van der Waals surface area (Å²) >= 11 is 0. The zero-order chi connectivity index (χ0) is 9.23. The van der Waals surface area contributed by atoms with Gasteiger partial charge in [0.15, 0.2) is 0 Å². The molecule has 0 heterocycles. The largest absolute Gasteiger partial charge is 0.481 e. The first kappa shape index (κ1) is 10.6. The zero-order valence-corrected chi connectivity index (χ0v) is 7.15. The summed E-state index contributed by atoms with van der Waals surface area (Å²) in [5.41, 5.74) is -1.13. The Balaban J connectivity index is 4.38. The van der Waals surface area contributed by atoms with Gasteiger partial charge in [0, 0.05) is 0 Å². The molecule has 0 amide bonds. The maximum atomic E-state index is 10.5. The summed E-state index contributed by atoms with van der Waals surface area (Å²) in [6.07, 6.45) is 0. The van der Waals surface area contributed by atoms with Gasteiger partial charge in [0.2, 0.25) is 0 Å². The van der Waals surface area contributed by atoms with Crippen molar-refractivity contribution in [1.82, 2.24) is 0 Å². The highest BCUT2D eigenvalue weighted by Gasteiger charge is 2.33. The second-order valence-corrected chi connectivity index (χ2v) is 4.45. The third-order valence-corrected chi connectivity index (χ3v) is 3.15. The number of aliphatic carboxylic acids is 1. The van der Waals surface area contributed by atoms with Gasteiger partial charge in [-0.15, -0.1) is 0 Å². The van der Waals surface area contributed by atoms with Gasteiger partial charge in [-0.1, -0.05) is 13.8 Å². The fourth-order valence-electron chi connectivity index (χ4n) is 0.498. The summed E-state index contributed by atoms with van der Waals surface area (Å²) in [6, 6.07) is 0. The molecule has 0 saturated carbocycles. The van der Waals surface area contributed by atoms with E-state index < -0.39 is 25.1 Å². The second kappa shape index (κ2) is 3.34. The molecule has 2 atom stereocenters. The highest BCUT2D eigenvalue weighted by Crippen LogP contribution is 2.44. The summed E-state index contributed by atoms with van der Waals surface area (Å²) in [7, 11) is -4.25. The Labute approximate surface area is 64.2 Å². The van der Waals surface area contributed by atoms with Gasteiger partial charge < -0.3 is 14.9 Å². The van der Waals surface area contributed by atoms with Crippen molar-refractivity contribution in [2.75, 3.05) is 0 Å². The van der Waals surface area contributed by atoms with Crippen LogP contribution in [0.1, 0.15) is 13.8 Å². The number of carboxylic acid groups (broad SMARTS) is 1. The van der Waals surface area contributed by atoms with Crippen LogP contribution in [0.25, 0.3) is 0 Å². The Hall–Kier alpha value is -0.380. The minimum Gasteiger partial charge on any atom is -0.481 e. The molecule has 0 spiro atoms. The van der Waals surface area contributed by atoms with Gasteiger partial charge in [-0.05, 0) is 0 Å². The summed E-state index contributed by atoms with van der Waals surface area (Å²) < 4.78 is 10.5. The van der Waals surface area contributed by atoms with Crippen molar-refractivity contribution in [2.45, 2.75) is 19.5 Å². The molecule has 0 aliphatic rings. The molecule has 6 heteroatoms. The first-order valence-corrected chi connectivity index (χ1v) is 4.73. The maximum absolute atomic E-state index is 10.5. The third-order valence-electron chi connectivity index (χ3n) is 1.64. The average molecular weight is 182 g/mol. The lowest BCUT2D eigenvalue weighted by Gasteiger charge is -2.16. The van der Waals surface area contributed by atoms with E-state index in [1.807, 2.05) is 0 Å². The fraction of sp³-hybridized carbons (Fsp3) is 0.800.